The van der Waals surface area contributed by atoms with Gasteiger partial charge < -0.3 is 20.3 Å². The standard InChI is InChI=1S/C11H18N4O4/c1-4-6(2)9(10(16)17)14-11(18)12-5-8-13-7(3)19-15-8/h6,9H,4-5H2,1-3H3,(H,16,17)(H2,12,14,18)/t6?,9-/m0/s1. The molecule has 8 nitrogen and oxygen atoms in total. The summed E-state index contributed by atoms with van der Waals surface area (Å²) in [5.41, 5.74) is 0. The number of carboxylic acid groups (broad SMARTS) is 1. The number of nitrogens with zero attached hydrogens (tertiary/aromatic N) is 2. The molecule has 0 radical (unpaired) electrons. The average Bonchev–Trinajstić information content (AvgIpc) is 2.78. The third-order valence-electron chi connectivity index (χ3n) is 2.74. The molecule has 1 unspecified atom stereocenters. The summed E-state index contributed by atoms with van der Waals surface area (Å²) >= 11 is 0. The van der Waals surface area contributed by atoms with Crippen LogP contribution in [-0.2, 0) is 11.3 Å². The van der Waals surface area contributed by atoms with Crippen molar-refractivity contribution in [2.45, 2.75) is 39.8 Å². The number of amides is 2. The molecule has 0 aliphatic rings. The molecule has 0 aromatic carbocycles. The van der Waals surface area contributed by atoms with Gasteiger partial charge in [-0.05, 0) is 5.92 Å². The molecule has 0 fully saturated rings. The van der Waals surface area contributed by atoms with Crippen LogP contribution in [0.1, 0.15) is 32.0 Å². The third-order valence-corrected chi connectivity index (χ3v) is 2.74. The fraction of sp³-hybridized carbons (Fsp3) is 0.636. The van der Waals surface area contributed by atoms with Crippen LogP contribution in [0.3, 0.4) is 0 Å². The third kappa shape index (κ3) is 4.57. The molecule has 0 saturated carbocycles. The van der Waals surface area contributed by atoms with Crippen molar-refractivity contribution in [2.24, 2.45) is 5.92 Å². The molecule has 2 atom stereocenters. The summed E-state index contributed by atoms with van der Waals surface area (Å²) < 4.78 is 4.74. The lowest BCUT2D eigenvalue weighted by Gasteiger charge is -2.20. The Morgan fingerprint density at radius 1 is 1.47 bits per heavy atom. The van der Waals surface area contributed by atoms with Crippen LogP contribution in [-0.4, -0.2) is 33.3 Å². The number of nitrogens with one attached hydrogen (secondary N) is 2. The van der Waals surface area contributed by atoms with Gasteiger partial charge in [0.15, 0.2) is 5.82 Å². The van der Waals surface area contributed by atoms with Gasteiger partial charge in [0.05, 0.1) is 6.54 Å². The molecule has 0 aliphatic heterocycles. The maximum absolute atomic E-state index is 11.6. The first-order chi connectivity index (χ1) is 8.93. The van der Waals surface area contributed by atoms with E-state index in [2.05, 4.69) is 20.8 Å². The summed E-state index contributed by atoms with van der Waals surface area (Å²) in [6.45, 7) is 5.35. The number of carboxylic acids is 1. The summed E-state index contributed by atoms with van der Waals surface area (Å²) in [4.78, 5) is 26.5. The Balaban J connectivity index is 2.46. The predicted octanol–water partition coefficient (Wildman–Crippen LogP) is 0.677. The first-order valence-corrected chi connectivity index (χ1v) is 6.00. The monoisotopic (exact) mass is 270 g/mol. The van der Waals surface area contributed by atoms with E-state index in [1.54, 1.807) is 13.8 Å². The molecule has 0 aliphatic carbocycles. The van der Waals surface area contributed by atoms with Gasteiger partial charge in [-0.15, -0.1) is 0 Å². The van der Waals surface area contributed by atoms with E-state index in [4.69, 9.17) is 9.63 Å². The minimum absolute atomic E-state index is 0.0794. The van der Waals surface area contributed by atoms with E-state index in [0.717, 1.165) is 0 Å². The van der Waals surface area contributed by atoms with Crippen LogP contribution < -0.4 is 10.6 Å². The molecule has 1 aromatic heterocycles. The van der Waals surface area contributed by atoms with Crippen molar-refractivity contribution in [3.05, 3.63) is 11.7 Å². The molecular weight excluding hydrogens is 252 g/mol. The second kappa shape index (κ2) is 6.72. The molecule has 2 amide bonds. The van der Waals surface area contributed by atoms with Crippen LogP contribution in [0.25, 0.3) is 0 Å². The molecule has 0 saturated heterocycles. The van der Waals surface area contributed by atoms with Crippen LogP contribution in [0.2, 0.25) is 0 Å². The molecule has 8 heteroatoms. The number of aromatic nitrogens is 2. The highest BCUT2D eigenvalue weighted by atomic mass is 16.5. The van der Waals surface area contributed by atoms with Gasteiger partial charge in [0, 0.05) is 6.92 Å². The number of aryl methyl sites for hydroxylation is 1. The predicted molar refractivity (Wildman–Crippen MR) is 65.3 cm³/mol. The minimum atomic E-state index is -1.06. The number of rotatable bonds is 6. The van der Waals surface area contributed by atoms with Crippen molar-refractivity contribution in [2.75, 3.05) is 0 Å². The topological polar surface area (TPSA) is 117 Å². The van der Waals surface area contributed by atoms with E-state index in [-0.39, 0.29) is 12.5 Å². The summed E-state index contributed by atoms with van der Waals surface area (Å²) in [5, 5.41) is 17.5. The molecule has 0 spiro atoms. The number of aliphatic carboxylic acids is 1. The largest absolute Gasteiger partial charge is 0.480 e. The van der Waals surface area contributed by atoms with E-state index >= 15 is 0 Å². The van der Waals surface area contributed by atoms with E-state index < -0.39 is 18.0 Å². The fourth-order valence-electron chi connectivity index (χ4n) is 1.45. The first kappa shape index (κ1) is 14.9. The molecule has 19 heavy (non-hydrogen) atoms. The van der Waals surface area contributed by atoms with Crippen LogP contribution in [0, 0.1) is 12.8 Å². The van der Waals surface area contributed by atoms with E-state index in [9.17, 15) is 9.59 Å². The Morgan fingerprint density at radius 3 is 2.63 bits per heavy atom. The van der Waals surface area contributed by atoms with E-state index in [0.29, 0.717) is 18.1 Å². The lowest BCUT2D eigenvalue weighted by Crippen LogP contribution is -2.48. The van der Waals surface area contributed by atoms with Crippen LogP contribution >= 0.6 is 0 Å². The van der Waals surface area contributed by atoms with Crippen molar-refractivity contribution < 1.29 is 19.2 Å². The van der Waals surface area contributed by atoms with Crippen molar-refractivity contribution in [1.82, 2.24) is 20.8 Å². The Kier molecular flexibility index (Phi) is 5.28. The SMILES string of the molecule is CCC(C)[C@H](NC(=O)NCc1noc(C)n1)C(=O)O. The van der Waals surface area contributed by atoms with Gasteiger partial charge in [0.1, 0.15) is 6.04 Å². The summed E-state index contributed by atoms with van der Waals surface area (Å²) in [6, 6.07) is -1.49. The van der Waals surface area contributed by atoms with E-state index in [1.165, 1.54) is 0 Å². The molecule has 0 bridgehead atoms. The highest BCUT2D eigenvalue weighted by Crippen LogP contribution is 2.07. The number of carbonyl (C=O) groups is 2. The zero-order chi connectivity index (χ0) is 14.4. The molecule has 1 rings (SSSR count). The van der Waals surface area contributed by atoms with Gasteiger partial charge in [-0.25, -0.2) is 9.59 Å². The van der Waals surface area contributed by atoms with Crippen LogP contribution in [0.15, 0.2) is 4.52 Å². The van der Waals surface area contributed by atoms with Crippen molar-refractivity contribution in [3.8, 4) is 0 Å². The minimum Gasteiger partial charge on any atom is -0.480 e. The summed E-state index contributed by atoms with van der Waals surface area (Å²) in [5.74, 6) is -0.473. The van der Waals surface area contributed by atoms with Gasteiger partial charge >= 0.3 is 12.0 Å². The Morgan fingerprint density at radius 2 is 2.16 bits per heavy atom. The number of urea groups is 1. The van der Waals surface area contributed by atoms with Crippen LogP contribution in [0.4, 0.5) is 4.79 Å². The first-order valence-electron chi connectivity index (χ1n) is 6.00. The molecule has 1 aromatic rings. The smallest absolute Gasteiger partial charge is 0.326 e. The number of hydrogen-bond donors (Lipinski definition) is 3. The van der Waals surface area contributed by atoms with Crippen molar-refractivity contribution >= 4 is 12.0 Å². The average molecular weight is 270 g/mol. The van der Waals surface area contributed by atoms with Gasteiger partial charge in [-0.3, -0.25) is 0 Å². The molecule has 3 N–H and O–H groups in total. The zero-order valence-corrected chi connectivity index (χ0v) is 11.1. The fourth-order valence-corrected chi connectivity index (χ4v) is 1.45. The van der Waals surface area contributed by atoms with Crippen LogP contribution in [0.5, 0.6) is 0 Å². The highest BCUT2D eigenvalue weighted by Gasteiger charge is 2.25. The van der Waals surface area contributed by atoms with Crippen molar-refractivity contribution in [1.29, 1.82) is 0 Å². The second-order valence-electron chi connectivity index (χ2n) is 4.26. The van der Waals surface area contributed by atoms with Gasteiger partial charge in [-0.2, -0.15) is 4.98 Å². The Labute approximate surface area is 110 Å². The summed E-state index contributed by atoms with van der Waals surface area (Å²) in [7, 11) is 0. The maximum Gasteiger partial charge on any atom is 0.326 e. The Hall–Kier alpha value is -2.12. The second-order valence-corrected chi connectivity index (χ2v) is 4.26. The van der Waals surface area contributed by atoms with Gasteiger partial charge in [0.25, 0.3) is 0 Å². The molecule has 1 heterocycles. The quantitative estimate of drug-likeness (QED) is 0.699. The van der Waals surface area contributed by atoms with Gasteiger partial charge in [0.2, 0.25) is 5.89 Å². The van der Waals surface area contributed by atoms with Crippen molar-refractivity contribution in [3.63, 3.8) is 0 Å². The van der Waals surface area contributed by atoms with E-state index in [1.807, 2.05) is 6.92 Å². The normalized spacial score (nSPS) is 13.6. The zero-order valence-electron chi connectivity index (χ0n) is 11.1. The summed E-state index contributed by atoms with van der Waals surface area (Å²) in [6.07, 6.45) is 0.654. The molecular formula is C11H18N4O4. The number of hydrogen-bond acceptors (Lipinski definition) is 5. The number of carbonyl (C=O) groups excluding carboxylic acids is 1. The Bertz CT molecular complexity index is 446. The lowest BCUT2D eigenvalue weighted by molar-refractivity contribution is -0.140. The maximum atomic E-state index is 11.6. The molecule has 106 valence electrons. The van der Waals surface area contributed by atoms with Gasteiger partial charge in [-0.1, -0.05) is 25.4 Å². The lowest BCUT2D eigenvalue weighted by atomic mass is 9.99. The highest BCUT2D eigenvalue weighted by molar-refractivity contribution is 5.82.